The number of hydrogen-bond donors (Lipinski definition) is 0. The maximum atomic E-state index is 9.78. The van der Waals surface area contributed by atoms with E-state index in [2.05, 4.69) is 54.6 Å². The van der Waals surface area contributed by atoms with Gasteiger partial charge in [0.1, 0.15) is 0 Å². The standard InChI is InChI=1S/C42H34N4/c43-26-32-16-19-38(36-12-6-4-11-35(32)36)41-45-39(31-8-2-1-3-9-31)44-40(46-41)37-13-7-5-10-34(37)30-14-17-33(18-15-30)42-23-27-20-28(24-42)22-29(21-27)25-42/h1-19,27-29H,20-25H2/t27-,28+,29-,42?. The number of nitriles is 1. The molecule has 1 heterocycles. The molecule has 4 aliphatic rings. The molecular weight excluding hydrogens is 560 g/mol. The van der Waals surface area contributed by atoms with Crippen LogP contribution in [0.3, 0.4) is 0 Å². The van der Waals surface area contributed by atoms with Gasteiger partial charge in [0.15, 0.2) is 17.5 Å². The fourth-order valence-corrected chi connectivity index (χ4v) is 9.32. The van der Waals surface area contributed by atoms with Crippen LogP contribution in [0.5, 0.6) is 0 Å². The molecule has 4 heteroatoms. The Morgan fingerprint density at radius 3 is 1.74 bits per heavy atom. The fourth-order valence-electron chi connectivity index (χ4n) is 9.32. The van der Waals surface area contributed by atoms with Gasteiger partial charge in [0, 0.05) is 22.1 Å². The molecule has 10 rings (SSSR count). The molecule has 46 heavy (non-hydrogen) atoms. The Hall–Kier alpha value is -5.14. The predicted octanol–water partition coefficient (Wildman–Crippen LogP) is 10.0. The van der Waals surface area contributed by atoms with E-state index in [0.717, 1.165) is 50.8 Å². The van der Waals surface area contributed by atoms with Crippen LogP contribution in [-0.2, 0) is 5.41 Å². The first-order chi connectivity index (χ1) is 22.7. The van der Waals surface area contributed by atoms with E-state index in [1.807, 2.05) is 66.7 Å². The van der Waals surface area contributed by atoms with Crippen molar-refractivity contribution in [2.75, 3.05) is 0 Å². The Morgan fingerprint density at radius 2 is 1.07 bits per heavy atom. The SMILES string of the molecule is N#Cc1ccc(-c2nc(-c3ccccc3)nc(-c3ccccc3-c3ccc(C45C[C@H]6C[C@@H](C4)C[C@@H](C5)C6)cc3)n2)c2ccccc12. The first kappa shape index (κ1) is 27.2. The van der Waals surface area contributed by atoms with E-state index < -0.39 is 0 Å². The van der Waals surface area contributed by atoms with Gasteiger partial charge in [-0.3, -0.25) is 0 Å². The Morgan fingerprint density at radius 1 is 0.500 bits per heavy atom. The Kier molecular flexibility index (Phi) is 6.35. The van der Waals surface area contributed by atoms with E-state index >= 15 is 0 Å². The summed E-state index contributed by atoms with van der Waals surface area (Å²) in [6.45, 7) is 0. The summed E-state index contributed by atoms with van der Waals surface area (Å²) in [6.07, 6.45) is 8.49. The van der Waals surface area contributed by atoms with Crippen LogP contribution in [0.2, 0.25) is 0 Å². The monoisotopic (exact) mass is 594 g/mol. The molecule has 5 aromatic carbocycles. The van der Waals surface area contributed by atoms with Gasteiger partial charge in [-0.2, -0.15) is 5.26 Å². The second kappa shape index (κ2) is 10.7. The molecule has 222 valence electrons. The van der Waals surface area contributed by atoms with E-state index in [1.54, 1.807) is 0 Å². The van der Waals surface area contributed by atoms with Gasteiger partial charge < -0.3 is 0 Å². The summed E-state index contributed by atoms with van der Waals surface area (Å²) >= 11 is 0. The highest BCUT2D eigenvalue weighted by Gasteiger charge is 2.51. The molecule has 4 bridgehead atoms. The van der Waals surface area contributed by atoms with E-state index in [-0.39, 0.29) is 0 Å². The molecule has 4 aliphatic carbocycles. The smallest absolute Gasteiger partial charge is 0.164 e. The summed E-state index contributed by atoms with van der Waals surface area (Å²) in [5.41, 5.74) is 7.63. The van der Waals surface area contributed by atoms with Crippen molar-refractivity contribution in [3.8, 4) is 51.4 Å². The van der Waals surface area contributed by atoms with Crippen LogP contribution >= 0.6 is 0 Å². The lowest BCUT2D eigenvalue weighted by molar-refractivity contribution is -0.00518. The number of aromatic nitrogens is 3. The summed E-state index contributed by atoms with van der Waals surface area (Å²) in [5, 5.41) is 11.6. The van der Waals surface area contributed by atoms with Gasteiger partial charge in [0.2, 0.25) is 0 Å². The van der Waals surface area contributed by atoms with Crippen molar-refractivity contribution in [3.05, 3.63) is 126 Å². The molecule has 0 unspecified atom stereocenters. The van der Waals surface area contributed by atoms with Crippen molar-refractivity contribution >= 4 is 10.8 Å². The quantitative estimate of drug-likeness (QED) is 0.199. The van der Waals surface area contributed by atoms with Crippen LogP contribution in [-0.4, -0.2) is 15.0 Å². The molecule has 0 N–H and O–H groups in total. The maximum absolute atomic E-state index is 9.78. The van der Waals surface area contributed by atoms with Crippen molar-refractivity contribution in [2.45, 2.75) is 43.9 Å². The first-order valence-electron chi connectivity index (χ1n) is 16.6. The molecule has 6 aromatic rings. The molecule has 4 saturated carbocycles. The molecule has 0 spiro atoms. The molecule has 0 saturated heterocycles. The van der Waals surface area contributed by atoms with Crippen molar-refractivity contribution in [2.24, 2.45) is 17.8 Å². The average Bonchev–Trinajstić information content (AvgIpc) is 3.11. The zero-order valence-electron chi connectivity index (χ0n) is 25.7. The lowest BCUT2D eigenvalue weighted by atomic mass is 9.48. The normalized spacial score (nSPS) is 23.0. The number of hydrogen-bond acceptors (Lipinski definition) is 4. The number of nitrogens with zero attached hydrogens (tertiary/aromatic N) is 4. The molecule has 0 atom stereocenters. The van der Waals surface area contributed by atoms with Crippen molar-refractivity contribution in [1.82, 2.24) is 15.0 Å². The lowest BCUT2D eigenvalue weighted by Crippen LogP contribution is -2.48. The summed E-state index contributed by atoms with van der Waals surface area (Å²) in [5.74, 6) is 4.64. The maximum Gasteiger partial charge on any atom is 0.164 e. The van der Waals surface area contributed by atoms with E-state index in [1.165, 1.54) is 49.7 Å². The van der Waals surface area contributed by atoms with Crippen molar-refractivity contribution in [3.63, 3.8) is 0 Å². The summed E-state index contributed by atoms with van der Waals surface area (Å²) in [7, 11) is 0. The zero-order valence-corrected chi connectivity index (χ0v) is 25.7. The van der Waals surface area contributed by atoms with Gasteiger partial charge >= 0.3 is 0 Å². The van der Waals surface area contributed by atoms with Gasteiger partial charge in [0.05, 0.1) is 11.6 Å². The molecule has 1 aromatic heterocycles. The predicted molar refractivity (Wildman–Crippen MR) is 184 cm³/mol. The minimum atomic E-state index is 0.379. The average molecular weight is 595 g/mol. The molecular formula is C42H34N4. The third kappa shape index (κ3) is 4.53. The highest BCUT2D eigenvalue weighted by atomic mass is 15.0. The van der Waals surface area contributed by atoms with Gasteiger partial charge in [-0.15, -0.1) is 0 Å². The van der Waals surface area contributed by atoms with Gasteiger partial charge in [-0.1, -0.05) is 103 Å². The zero-order chi connectivity index (χ0) is 30.7. The Bertz CT molecular complexity index is 2110. The largest absolute Gasteiger partial charge is 0.208 e. The number of fused-ring (bicyclic) bond motifs is 1. The van der Waals surface area contributed by atoms with Crippen LogP contribution in [0, 0.1) is 29.1 Å². The van der Waals surface area contributed by atoms with Crippen LogP contribution in [0.15, 0.2) is 115 Å². The molecule has 0 radical (unpaired) electrons. The second-order valence-electron chi connectivity index (χ2n) is 13.8. The van der Waals surface area contributed by atoms with Crippen LogP contribution in [0.1, 0.15) is 49.7 Å². The number of benzene rings is 5. The summed E-state index contributed by atoms with van der Waals surface area (Å²) < 4.78 is 0. The fraction of sp³-hybridized carbons (Fsp3) is 0.238. The summed E-state index contributed by atoms with van der Waals surface area (Å²) in [4.78, 5) is 15.2. The molecule has 4 nitrogen and oxygen atoms in total. The van der Waals surface area contributed by atoms with Crippen LogP contribution < -0.4 is 0 Å². The third-order valence-electron chi connectivity index (χ3n) is 11.0. The molecule has 4 fully saturated rings. The molecule has 0 aliphatic heterocycles. The van der Waals surface area contributed by atoms with Gasteiger partial charge in [0.25, 0.3) is 0 Å². The number of rotatable bonds is 5. The van der Waals surface area contributed by atoms with Gasteiger partial charge in [-0.25, -0.2) is 15.0 Å². The third-order valence-corrected chi connectivity index (χ3v) is 11.0. The van der Waals surface area contributed by atoms with Crippen LogP contribution in [0.4, 0.5) is 0 Å². The van der Waals surface area contributed by atoms with Crippen LogP contribution in [0.25, 0.3) is 56.1 Å². The molecule has 0 amide bonds. The van der Waals surface area contributed by atoms with E-state index in [9.17, 15) is 5.26 Å². The highest BCUT2D eigenvalue weighted by Crippen LogP contribution is 2.60. The topological polar surface area (TPSA) is 62.5 Å². The van der Waals surface area contributed by atoms with Crippen molar-refractivity contribution in [1.29, 1.82) is 5.26 Å². The second-order valence-corrected chi connectivity index (χ2v) is 13.8. The van der Waals surface area contributed by atoms with E-state index in [4.69, 9.17) is 15.0 Å². The van der Waals surface area contributed by atoms with Crippen molar-refractivity contribution < 1.29 is 0 Å². The minimum Gasteiger partial charge on any atom is -0.208 e. The van der Waals surface area contributed by atoms with E-state index in [0.29, 0.717) is 28.5 Å². The minimum absolute atomic E-state index is 0.379. The lowest BCUT2D eigenvalue weighted by Gasteiger charge is -2.57. The first-order valence-corrected chi connectivity index (χ1v) is 16.6. The Labute approximate surface area is 269 Å². The van der Waals surface area contributed by atoms with Gasteiger partial charge in [-0.05, 0) is 95.9 Å². The highest BCUT2D eigenvalue weighted by molar-refractivity contribution is 5.98. The Balaban J connectivity index is 1.16. The summed E-state index contributed by atoms with van der Waals surface area (Å²) in [6, 6.07) is 42.2.